The first-order valence-electron chi connectivity index (χ1n) is 13.3. The molecule has 3 aromatic rings. The van der Waals surface area contributed by atoms with E-state index in [9.17, 15) is 4.79 Å². The maximum absolute atomic E-state index is 13.6. The second kappa shape index (κ2) is 9.68. The van der Waals surface area contributed by atoms with Crippen LogP contribution in [0.3, 0.4) is 0 Å². The van der Waals surface area contributed by atoms with Crippen molar-refractivity contribution in [2.24, 2.45) is 0 Å². The fourth-order valence-electron chi connectivity index (χ4n) is 5.39. The van der Waals surface area contributed by atoms with Gasteiger partial charge in [0, 0.05) is 19.9 Å². The number of ether oxygens (including phenoxy) is 3. The normalized spacial score (nSPS) is 22.2. The van der Waals surface area contributed by atoms with Gasteiger partial charge in [0.2, 0.25) is 9.76 Å². The molecule has 0 spiro atoms. The van der Waals surface area contributed by atoms with E-state index >= 15 is 0 Å². The molecule has 1 saturated heterocycles. The molecule has 1 fully saturated rings. The van der Waals surface area contributed by atoms with Gasteiger partial charge in [-0.15, -0.1) is 0 Å². The Labute approximate surface area is 247 Å². The van der Waals surface area contributed by atoms with Gasteiger partial charge in [-0.05, 0) is 111 Å². The summed E-state index contributed by atoms with van der Waals surface area (Å²) in [6.45, 7) is 18.9. The number of rotatable bonds is 6. The highest BCUT2D eigenvalue weighted by atomic mass is 127. The van der Waals surface area contributed by atoms with Gasteiger partial charge < -0.3 is 23.1 Å². The molecule has 208 valence electrons. The monoisotopic (exact) mass is 660 g/mol. The van der Waals surface area contributed by atoms with Crippen LogP contribution in [0, 0.1) is 3.57 Å². The van der Waals surface area contributed by atoms with Gasteiger partial charge in [0.25, 0.3) is 0 Å². The number of furan rings is 1. The lowest BCUT2D eigenvalue weighted by Crippen LogP contribution is -2.48. The van der Waals surface area contributed by atoms with Crippen molar-refractivity contribution >= 4 is 49.1 Å². The smallest absolute Gasteiger partial charge is 0.236 e. The van der Waals surface area contributed by atoms with Crippen LogP contribution in [0.4, 0.5) is 0 Å². The number of carbonyl (C=O) groups is 1. The van der Waals surface area contributed by atoms with E-state index in [4.69, 9.17) is 23.1 Å². The van der Waals surface area contributed by atoms with Gasteiger partial charge >= 0.3 is 0 Å². The highest BCUT2D eigenvalue weighted by Crippen LogP contribution is 2.46. The Hall–Kier alpha value is -1.72. The van der Waals surface area contributed by atoms with E-state index in [1.165, 1.54) is 0 Å². The van der Waals surface area contributed by atoms with Gasteiger partial charge in [0.1, 0.15) is 35.9 Å². The third-order valence-corrected chi connectivity index (χ3v) is 9.17. The Kier molecular flexibility index (Phi) is 7.15. The Morgan fingerprint density at radius 1 is 1.00 bits per heavy atom. The molecule has 1 aliphatic heterocycles. The van der Waals surface area contributed by atoms with Crippen LogP contribution in [0.25, 0.3) is 11.0 Å². The van der Waals surface area contributed by atoms with E-state index in [1.807, 2.05) is 64.1 Å². The lowest BCUT2D eigenvalue weighted by molar-refractivity contribution is -0.162. The van der Waals surface area contributed by atoms with E-state index in [1.54, 1.807) is 0 Å². The maximum atomic E-state index is 13.6. The largest absolute Gasteiger partial charge is 0.491 e. The van der Waals surface area contributed by atoms with Crippen molar-refractivity contribution in [1.82, 2.24) is 0 Å². The molecule has 2 radical (unpaired) electrons. The zero-order chi connectivity index (χ0) is 28.5. The van der Waals surface area contributed by atoms with Crippen LogP contribution in [0.15, 0.2) is 40.8 Å². The molecule has 6 nitrogen and oxygen atoms in total. The van der Waals surface area contributed by atoms with Crippen molar-refractivity contribution in [3.8, 4) is 5.75 Å². The van der Waals surface area contributed by atoms with Gasteiger partial charge in [-0.25, -0.2) is 0 Å². The molecule has 2 aromatic carbocycles. The van der Waals surface area contributed by atoms with Crippen molar-refractivity contribution in [2.75, 3.05) is 6.61 Å². The molecule has 1 aromatic heterocycles. The van der Waals surface area contributed by atoms with Crippen LogP contribution in [-0.2, 0) is 19.3 Å². The molecule has 0 unspecified atom stereocenters. The lowest BCUT2D eigenvalue weighted by Gasteiger charge is -2.36. The third kappa shape index (κ3) is 5.47. The van der Waals surface area contributed by atoms with Gasteiger partial charge in [0.05, 0.1) is 11.2 Å². The SMILES string of the molecule is CC1(C)O[C@@H](C(C)(C)O[Si]C(C)(C)C)[C@@H](COc2ccc3c(c2)C(C)(C)c2oc4cc(I)ccc4c2C3=O)O1. The molecule has 2 heterocycles. The van der Waals surface area contributed by atoms with Crippen molar-refractivity contribution < 1.29 is 27.8 Å². The van der Waals surface area contributed by atoms with Crippen LogP contribution >= 0.6 is 22.6 Å². The number of benzene rings is 2. The van der Waals surface area contributed by atoms with Crippen molar-refractivity contribution in [3.05, 3.63) is 62.4 Å². The zero-order valence-corrected chi connectivity index (χ0v) is 27.3. The quantitative estimate of drug-likeness (QED) is 0.202. The summed E-state index contributed by atoms with van der Waals surface area (Å²) in [6.07, 6.45) is -0.631. The lowest BCUT2D eigenvalue weighted by atomic mass is 9.72. The number of hydrogen-bond acceptors (Lipinski definition) is 6. The van der Waals surface area contributed by atoms with Crippen molar-refractivity contribution in [2.45, 2.75) is 96.4 Å². The minimum Gasteiger partial charge on any atom is -0.491 e. The first-order valence-corrected chi connectivity index (χ1v) is 15.3. The molecule has 0 bridgehead atoms. The van der Waals surface area contributed by atoms with Gasteiger partial charge in [-0.3, -0.25) is 4.79 Å². The molecule has 0 N–H and O–H groups in total. The van der Waals surface area contributed by atoms with Crippen LogP contribution in [0.1, 0.15) is 89.6 Å². The fourth-order valence-corrected chi connectivity index (χ4v) is 6.54. The summed E-state index contributed by atoms with van der Waals surface area (Å²) in [4.78, 5) is 13.6. The Balaban J connectivity index is 1.40. The first-order chi connectivity index (χ1) is 18.0. The van der Waals surface area contributed by atoms with Gasteiger partial charge in [0.15, 0.2) is 11.6 Å². The Bertz CT molecular complexity index is 1430. The van der Waals surface area contributed by atoms with E-state index in [0.717, 1.165) is 20.1 Å². The first kappa shape index (κ1) is 28.8. The van der Waals surface area contributed by atoms with Gasteiger partial charge in [-0.1, -0.05) is 20.8 Å². The Morgan fingerprint density at radius 3 is 2.41 bits per heavy atom. The summed E-state index contributed by atoms with van der Waals surface area (Å²) in [6, 6.07) is 11.7. The standard InChI is InChI=1S/C31H37IO6Si/c1-28(2,3)39-38-30(6,7)26-23(36-31(8,9)37-26)16-34-18-11-13-19-21(15-18)29(4,5)27-24(25(19)33)20-12-10-17(32)14-22(20)35-27/h10-15,23,26H,16H2,1-9H3/t23-,26-/m1/s1. The fraction of sp³-hybridized carbons (Fsp3) is 0.516. The average molecular weight is 661 g/mol. The number of hydrogen-bond donors (Lipinski definition) is 0. The zero-order valence-electron chi connectivity index (χ0n) is 24.2. The molecule has 8 heteroatoms. The van der Waals surface area contributed by atoms with E-state index in [2.05, 4.69) is 57.2 Å². The van der Waals surface area contributed by atoms with Crippen molar-refractivity contribution in [1.29, 1.82) is 0 Å². The van der Waals surface area contributed by atoms with E-state index in [0.29, 0.717) is 39.0 Å². The maximum Gasteiger partial charge on any atom is 0.236 e. The molecule has 1 aliphatic carbocycles. The molecule has 0 saturated carbocycles. The molecule has 2 atom stereocenters. The number of halogens is 1. The topological polar surface area (TPSA) is 67.1 Å². The summed E-state index contributed by atoms with van der Waals surface area (Å²) < 4.78 is 32.6. The molecule has 5 rings (SSSR count). The molecule has 39 heavy (non-hydrogen) atoms. The van der Waals surface area contributed by atoms with E-state index < -0.39 is 16.8 Å². The summed E-state index contributed by atoms with van der Waals surface area (Å²) in [7, 11) is 0.323. The number of carbonyl (C=O) groups excluding carboxylic acids is 1. The molecular weight excluding hydrogens is 623 g/mol. The third-order valence-electron chi connectivity index (χ3n) is 7.26. The highest BCUT2D eigenvalue weighted by molar-refractivity contribution is 14.1. The van der Waals surface area contributed by atoms with Crippen LogP contribution in [-0.4, -0.2) is 45.7 Å². The second-order valence-electron chi connectivity index (χ2n) is 13.1. The minimum absolute atomic E-state index is 0.0150. The summed E-state index contributed by atoms with van der Waals surface area (Å²) in [5, 5.41) is 0.919. The summed E-state index contributed by atoms with van der Waals surface area (Å²) in [5.41, 5.74) is 1.89. The van der Waals surface area contributed by atoms with Crippen LogP contribution in [0.2, 0.25) is 5.04 Å². The predicted octanol–water partition coefficient (Wildman–Crippen LogP) is 7.44. The number of fused-ring (bicyclic) bond motifs is 4. The second-order valence-corrected chi connectivity index (χ2v) is 16.2. The summed E-state index contributed by atoms with van der Waals surface area (Å²) in [5.74, 6) is 0.608. The minimum atomic E-state index is -0.746. The van der Waals surface area contributed by atoms with Gasteiger partial charge in [-0.2, -0.15) is 0 Å². The van der Waals surface area contributed by atoms with Crippen LogP contribution < -0.4 is 4.74 Å². The average Bonchev–Trinajstić information content (AvgIpc) is 3.37. The van der Waals surface area contributed by atoms with E-state index in [-0.39, 0.29) is 23.0 Å². The molecular formula is C31H37IO6Si. The predicted molar refractivity (Wildman–Crippen MR) is 161 cm³/mol. The molecule has 0 amide bonds. The molecule has 2 aliphatic rings. The summed E-state index contributed by atoms with van der Waals surface area (Å²) >= 11 is 2.26. The Morgan fingerprint density at radius 2 is 1.72 bits per heavy atom. The van der Waals surface area contributed by atoms with Crippen molar-refractivity contribution in [3.63, 3.8) is 0 Å². The van der Waals surface area contributed by atoms with Crippen LogP contribution in [0.5, 0.6) is 5.75 Å². The number of ketones is 1. The highest BCUT2D eigenvalue weighted by Gasteiger charge is 2.50.